The van der Waals surface area contributed by atoms with E-state index in [4.69, 9.17) is 4.74 Å². The number of nitrogens with one attached hydrogen (secondary N) is 1. The van der Waals surface area contributed by atoms with Crippen molar-refractivity contribution in [3.8, 4) is 0 Å². The second-order valence-electron chi connectivity index (χ2n) is 4.54. The number of nitrogens with zero attached hydrogens (tertiary/aromatic N) is 3. The quantitative estimate of drug-likeness (QED) is 0.639. The summed E-state index contributed by atoms with van der Waals surface area (Å²) in [5.74, 6) is 1.42. The Hall–Kier alpha value is -1.08. The Morgan fingerprint density at radius 1 is 1.47 bits per heavy atom. The Kier molecular flexibility index (Phi) is 5.21. The van der Waals surface area contributed by atoms with Crippen LogP contribution in [0.25, 0.3) is 0 Å². The molecule has 1 aliphatic heterocycles. The van der Waals surface area contributed by atoms with Gasteiger partial charge in [0.05, 0.1) is 7.11 Å². The highest BCUT2D eigenvalue weighted by Crippen LogP contribution is 2.22. The van der Waals surface area contributed by atoms with Gasteiger partial charge in [0.1, 0.15) is 11.9 Å². The molecule has 0 radical (unpaired) electrons. The summed E-state index contributed by atoms with van der Waals surface area (Å²) < 4.78 is 6.93. The van der Waals surface area contributed by atoms with Gasteiger partial charge < -0.3 is 14.6 Å². The lowest BCUT2D eigenvalue weighted by atomic mass is 10.2. The summed E-state index contributed by atoms with van der Waals surface area (Å²) in [7, 11) is 3.16. The van der Waals surface area contributed by atoms with E-state index in [9.17, 15) is 4.79 Å². The molecule has 0 aliphatic carbocycles. The van der Waals surface area contributed by atoms with Crippen LogP contribution < -0.4 is 5.32 Å². The van der Waals surface area contributed by atoms with Crippen LogP contribution in [0, 0.1) is 0 Å². The minimum atomic E-state index is -0.311. The van der Waals surface area contributed by atoms with Crippen LogP contribution >= 0.6 is 11.8 Å². The van der Waals surface area contributed by atoms with Gasteiger partial charge in [-0.1, -0.05) is 18.2 Å². The maximum Gasteiger partial charge on any atom is 0.323 e. The lowest BCUT2D eigenvalue weighted by molar-refractivity contribution is -0.142. The summed E-state index contributed by atoms with van der Waals surface area (Å²) in [6, 6.07) is -0.311. The number of esters is 1. The molecule has 2 rings (SSSR count). The third-order valence-corrected chi connectivity index (χ3v) is 4.35. The lowest BCUT2D eigenvalue weighted by Crippen LogP contribution is -2.37. The Morgan fingerprint density at radius 2 is 2.32 bits per heavy atom. The van der Waals surface area contributed by atoms with Gasteiger partial charge in [-0.25, -0.2) is 0 Å². The number of carbonyl (C=O) groups is 1. The molecule has 0 spiro atoms. The molecule has 6 nitrogen and oxygen atoms in total. The Bertz CT molecular complexity index is 435. The largest absolute Gasteiger partial charge is 0.468 e. The summed E-state index contributed by atoms with van der Waals surface area (Å²) >= 11 is 1.55. The molecular weight excluding hydrogens is 264 g/mol. The summed E-state index contributed by atoms with van der Waals surface area (Å²) in [6.07, 6.45) is 4.60. The van der Waals surface area contributed by atoms with Crippen molar-refractivity contribution in [2.75, 3.05) is 19.9 Å². The van der Waals surface area contributed by atoms with Crippen molar-refractivity contribution < 1.29 is 9.53 Å². The fraction of sp³-hybridized carbons (Fsp3) is 0.750. The number of fused-ring (bicyclic) bond motifs is 1. The molecule has 1 aliphatic rings. The standard InChI is InChI=1S/C12H20N4O2S/c1-13-9(11(17)18-2)8-19-12-15-14-10-6-4-3-5-7-16(10)12/h9,13H,3-8H2,1-2H3. The Balaban J connectivity index is 1.99. The van der Waals surface area contributed by atoms with Gasteiger partial charge in [0, 0.05) is 18.7 Å². The second-order valence-corrected chi connectivity index (χ2v) is 5.52. The maximum atomic E-state index is 11.5. The SMILES string of the molecule is CNC(CSc1nnc2n1CCCCC2)C(=O)OC. The highest BCUT2D eigenvalue weighted by molar-refractivity contribution is 7.99. The normalized spacial score (nSPS) is 16.5. The summed E-state index contributed by atoms with van der Waals surface area (Å²) in [4.78, 5) is 11.5. The van der Waals surface area contributed by atoms with Gasteiger partial charge in [-0.15, -0.1) is 10.2 Å². The van der Waals surface area contributed by atoms with Crippen molar-refractivity contribution >= 4 is 17.7 Å². The van der Waals surface area contributed by atoms with Crippen LogP contribution in [0.2, 0.25) is 0 Å². The van der Waals surface area contributed by atoms with Crippen LogP contribution in [0.3, 0.4) is 0 Å². The topological polar surface area (TPSA) is 69.0 Å². The fourth-order valence-electron chi connectivity index (χ4n) is 2.13. The van der Waals surface area contributed by atoms with Gasteiger partial charge >= 0.3 is 5.97 Å². The fourth-order valence-corrected chi connectivity index (χ4v) is 3.20. The van der Waals surface area contributed by atoms with Gasteiger partial charge in [-0.3, -0.25) is 4.79 Å². The zero-order valence-electron chi connectivity index (χ0n) is 11.4. The van der Waals surface area contributed by atoms with Crippen LogP contribution in [0.5, 0.6) is 0 Å². The third-order valence-electron chi connectivity index (χ3n) is 3.29. The molecule has 1 atom stereocenters. The molecule has 1 aromatic rings. The molecule has 106 valence electrons. The van der Waals surface area contributed by atoms with E-state index < -0.39 is 0 Å². The van der Waals surface area contributed by atoms with Gasteiger partial charge in [-0.05, 0) is 19.9 Å². The van der Waals surface area contributed by atoms with Crippen LogP contribution in [0.15, 0.2) is 5.16 Å². The number of methoxy groups -OCH3 is 1. The van der Waals surface area contributed by atoms with E-state index in [2.05, 4.69) is 20.1 Å². The van der Waals surface area contributed by atoms with Crippen molar-refractivity contribution in [2.45, 2.75) is 43.4 Å². The number of aryl methyl sites for hydroxylation is 1. The number of thioether (sulfide) groups is 1. The van der Waals surface area contributed by atoms with E-state index in [0.717, 1.165) is 23.9 Å². The second kappa shape index (κ2) is 6.91. The molecule has 0 aromatic carbocycles. The van der Waals surface area contributed by atoms with E-state index in [1.807, 2.05) is 0 Å². The van der Waals surface area contributed by atoms with Gasteiger partial charge in [0.15, 0.2) is 5.16 Å². The summed E-state index contributed by atoms with van der Waals surface area (Å²) in [6.45, 7) is 0.979. The zero-order chi connectivity index (χ0) is 13.7. The zero-order valence-corrected chi connectivity index (χ0v) is 12.2. The molecule has 7 heteroatoms. The maximum absolute atomic E-state index is 11.5. The van der Waals surface area contributed by atoms with Crippen molar-refractivity contribution in [3.63, 3.8) is 0 Å². The highest BCUT2D eigenvalue weighted by atomic mass is 32.2. The average molecular weight is 284 g/mol. The molecule has 0 fully saturated rings. The molecule has 0 amide bonds. The van der Waals surface area contributed by atoms with Crippen molar-refractivity contribution in [1.82, 2.24) is 20.1 Å². The van der Waals surface area contributed by atoms with E-state index in [-0.39, 0.29) is 12.0 Å². The van der Waals surface area contributed by atoms with E-state index in [1.165, 1.54) is 26.4 Å². The highest BCUT2D eigenvalue weighted by Gasteiger charge is 2.20. The van der Waals surface area contributed by atoms with Gasteiger partial charge in [0.25, 0.3) is 0 Å². The van der Waals surface area contributed by atoms with Crippen LogP contribution in [-0.2, 0) is 22.5 Å². The molecule has 0 saturated heterocycles. The Morgan fingerprint density at radius 3 is 3.05 bits per heavy atom. The minimum absolute atomic E-state index is 0.245. The third kappa shape index (κ3) is 3.48. The molecule has 19 heavy (non-hydrogen) atoms. The Labute approximate surface area is 117 Å². The van der Waals surface area contributed by atoms with Gasteiger partial charge in [-0.2, -0.15) is 0 Å². The van der Waals surface area contributed by atoms with E-state index >= 15 is 0 Å². The smallest absolute Gasteiger partial charge is 0.323 e. The number of rotatable bonds is 5. The predicted molar refractivity (Wildman–Crippen MR) is 73.2 cm³/mol. The van der Waals surface area contributed by atoms with Crippen molar-refractivity contribution in [3.05, 3.63) is 5.82 Å². The molecule has 2 heterocycles. The van der Waals surface area contributed by atoms with Crippen LogP contribution in [-0.4, -0.2) is 46.7 Å². The lowest BCUT2D eigenvalue weighted by Gasteiger charge is -2.13. The molecule has 1 N–H and O–H groups in total. The molecule has 0 bridgehead atoms. The van der Waals surface area contributed by atoms with Crippen molar-refractivity contribution in [1.29, 1.82) is 0 Å². The van der Waals surface area contributed by atoms with Crippen LogP contribution in [0.4, 0.5) is 0 Å². The molecule has 0 saturated carbocycles. The first-order valence-electron chi connectivity index (χ1n) is 6.56. The van der Waals surface area contributed by atoms with Gasteiger partial charge in [0.2, 0.25) is 0 Å². The van der Waals surface area contributed by atoms with E-state index in [1.54, 1.807) is 18.8 Å². The number of likely N-dealkylation sites (N-methyl/N-ethyl adjacent to an activating group) is 1. The number of ether oxygens (including phenoxy) is 1. The van der Waals surface area contributed by atoms with Crippen molar-refractivity contribution in [2.24, 2.45) is 0 Å². The van der Waals surface area contributed by atoms with Crippen LogP contribution in [0.1, 0.15) is 25.1 Å². The first kappa shape index (κ1) is 14.3. The average Bonchev–Trinajstić information content (AvgIpc) is 2.67. The first-order valence-corrected chi connectivity index (χ1v) is 7.54. The number of carbonyl (C=O) groups excluding carboxylic acids is 1. The minimum Gasteiger partial charge on any atom is -0.468 e. The molecule has 1 aromatic heterocycles. The molecule has 1 unspecified atom stereocenters. The first-order chi connectivity index (χ1) is 9.26. The summed E-state index contributed by atoms with van der Waals surface area (Å²) in [5.41, 5.74) is 0. The number of hydrogen-bond donors (Lipinski definition) is 1. The summed E-state index contributed by atoms with van der Waals surface area (Å²) in [5, 5.41) is 12.3. The monoisotopic (exact) mass is 284 g/mol. The number of hydrogen-bond acceptors (Lipinski definition) is 6. The molecular formula is C12H20N4O2S. The predicted octanol–water partition coefficient (Wildman–Crippen LogP) is 0.858. The van der Waals surface area contributed by atoms with E-state index in [0.29, 0.717) is 5.75 Å². The number of aromatic nitrogens is 3.